The Hall–Kier alpha value is -2.53. The van der Waals surface area contributed by atoms with Gasteiger partial charge in [-0.2, -0.15) is 0 Å². The fourth-order valence-electron chi connectivity index (χ4n) is 1.90. The van der Waals surface area contributed by atoms with E-state index in [9.17, 15) is 9.59 Å². The van der Waals surface area contributed by atoms with Gasteiger partial charge in [-0.3, -0.25) is 4.79 Å². The quantitative estimate of drug-likeness (QED) is 0.759. The van der Waals surface area contributed by atoms with E-state index in [1.165, 1.54) is 12.1 Å². The van der Waals surface area contributed by atoms with Gasteiger partial charge in [0.2, 0.25) is 0 Å². The molecular weight excluding hydrogens is 292 g/mol. The topological polar surface area (TPSA) is 92.4 Å². The summed E-state index contributed by atoms with van der Waals surface area (Å²) >= 11 is 5.85. The number of carboxylic acid groups (broad SMARTS) is 1. The van der Waals surface area contributed by atoms with Crippen molar-refractivity contribution in [2.24, 2.45) is 0 Å². The third-order valence-electron chi connectivity index (χ3n) is 2.93. The predicted octanol–water partition coefficient (Wildman–Crippen LogP) is 3.18. The number of nitrogens with one attached hydrogen (secondary N) is 1. The lowest BCUT2D eigenvalue weighted by Gasteiger charge is -2.11. The lowest BCUT2D eigenvalue weighted by atomic mass is 10.1. The first kappa shape index (κ1) is 14.9. The zero-order valence-corrected chi connectivity index (χ0v) is 11.9. The molecule has 0 saturated carbocycles. The molecule has 6 heteroatoms. The van der Waals surface area contributed by atoms with E-state index in [-0.39, 0.29) is 21.8 Å². The number of aromatic carboxylic acids is 1. The summed E-state index contributed by atoms with van der Waals surface area (Å²) in [6.07, 6.45) is 0. The maximum absolute atomic E-state index is 12.2. The summed E-state index contributed by atoms with van der Waals surface area (Å²) in [5, 5.41) is 11.8. The first-order chi connectivity index (χ1) is 9.90. The van der Waals surface area contributed by atoms with E-state index in [2.05, 4.69) is 5.32 Å². The van der Waals surface area contributed by atoms with E-state index in [1.807, 2.05) is 6.92 Å². The molecule has 0 aromatic heterocycles. The average Bonchev–Trinajstić information content (AvgIpc) is 2.41. The van der Waals surface area contributed by atoms with Crippen molar-refractivity contribution in [3.05, 3.63) is 58.1 Å². The second-order valence-electron chi connectivity index (χ2n) is 4.51. The monoisotopic (exact) mass is 304 g/mol. The normalized spacial score (nSPS) is 10.2. The number of hydrogen-bond acceptors (Lipinski definition) is 3. The molecule has 21 heavy (non-hydrogen) atoms. The van der Waals surface area contributed by atoms with Crippen molar-refractivity contribution in [3.63, 3.8) is 0 Å². The summed E-state index contributed by atoms with van der Waals surface area (Å²) in [6, 6.07) is 9.52. The Kier molecular flexibility index (Phi) is 4.14. The largest absolute Gasteiger partial charge is 0.478 e. The summed E-state index contributed by atoms with van der Waals surface area (Å²) in [7, 11) is 0. The number of benzene rings is 2. The third kappa shape index (κ3) is 3.14. The SMILES string of the molecule is Cc1ccc(N)c(C(=O)Nc2cccc(Cl)c2C(=O)O)c1. The molecule has 0 unspecified atom stereocenters. The number of carboxylic acids is 1. The molecule has 2 aromatic carbocycles. The van der Waals surface area contributed by atoms with Gasteiger partial charge in [-0.15, -0.1) is 0 Å². The van der Waals surface area contributed by atoms with Crippen molar-refractivity contribution >= 4 is 34.9 Å². The highest BCUT2D eigenvalue weighted by atomic mass is 35.5. The van der Waals surface area contributed by atoms with Crippen LogP contribution >= 0.6 is 11.6 Å². The number of anilines is 2. The molecule has 0 aliphatic rings. The lowest BCUT2D eigenvalue weighted by molar-refractivity contribution is 0.0698. The zero-order chi connectivity index (χ0) is 15.6. The molecule has 0 spiro atoms. The molecule has 0 heterocycles. The Bertz CT molecular complexity index is 729. The van der Waals surface area contributed by atoms with Gasteiger partial charge < -0.3 is 16.2 Å². The molecule has 108 valence electrons. The van der Waals surface area contributed by atoms with Gasteiger partial charge in [-0.05, 0) is 31.2 Å². The number of amides is 1. The van der Waals surface area contributed by atoms with Gasteiger partial charge in [0.25, 0.3) is 5.91 Å². The van der Waals surface area contributed by atoms with Gasteiger partial charge in [-0.1, -0.05) is 29.3 Å². The maximum atomic E-state index is 12.2. The molecule has 1 amide bonds. The van der Waals surface area contributed by atoms with Crippen molar-refractivity contribution in [1.82, 2.24) is 0 Å². The van der Waals surface area contributed by atoms with Crippen LogP contribution in [-0.4, -0.2) is 17.0 Å². The molecule has 0 radical (unpaired) electrons. The van der Waals surface area contributed by atoms with E-state index < -0.39 is 11.9 Å². The van der Waals surface area contributed by atoms with Crippen molar-refractivity contribution in [1.29, 1.82) is 0 Å². The number of nitrogen functional groups attached to an aromatic ring is 1. The minimum absolute atomic E-state index is 0.0533. The average molecular weight is 305 g/mol. The minimum atomic E-state index is -1.21. The Morgan fingerprint density at radius 3 is 2.62 bits per heavy atom. The number of rotatable bonds is 3. The molecule has 0 aliphatic carbocycles. The van der Waals surface area contributed by atoms with Crippen LogP contribution in [0.3, 0.4) is 0 Å². The summed E-state index contributed by atoms with van der Waals surface area (Å²) in [6.45, 7) is 1.83. The van der Waals surface area contributed by atoms with Crippen LogP contribution in [-0.2, 0) is 0 Å². The van der Waals surface area contributed by atoms with Crippen LogP contribution in [0.5, 0.6) is 0 Å². The van der Waals surface area contributed by atoms with Crippen LogP contribution in [0.2, 0.25) is 5.02 Å². The molecule has 0 bridgehead atoms. The van der Waals surface area contributed by atoms with Crippen molar-refractivity contribution < 1.29 is 14.7 Å². The van der Waals surface area contributed by atoms with Crippen LogP contribution < -0.4 is 11.1 Å². The fourth-order valence-corrected chi connectivity index (χ4v) is 2.16. The number of nitrogens with two attached hydrogens (primary N) is 1. The second kappa shape index (κ2) is 5.85. The zero-order valence-electron chi connectivity index (χ0n) is 11.2. The maximum Gasteiger partial charge on any atom is 0.339 e. The van der Waals surface area contributed by atoms with Gasteiger partial charge >= 0.3 is 5.97 Å². The molecule has 2 rings (SSSR count). The molecule has 2 aromatic rings. The van der Waals surface area contributed by atoms with E-state index in [0.717, 1.165) is 5.56 Å². The first-order valence-corrected chi connectivity index (χ1v) is 6.47. The third-order valence-corrected chi connectivity index (χ3v) is 3.24. The Morgan fingerprint density at radius 1 is 1.24 bits per heavy atom. The van der Waals surface area contributed by atoms with Crippen molar-refractivity contribution in [2.75, 3.05) is 11.1 Å². The molecule has 0 atom stereocenters. The van der Waals surface area contributed by atoms with Crippen LogP contribution in [0.15, 0.2) is 36.4 Å². The van der Waals surface area contributed by atoms with E-state index in [4.69, 9.17) is 22.4 Å². The number of halogens is 1. The Labute approximate surface area is 126 Å². The lowest BCUT2D eigenvalue weighted by Crippen LogP contribution is -2.16. The molecular formula is C15H13ClN2O3. The van der Waals surface area contributed by atoms with Gasteiger partial charge in [0.15, 0.2) is 0 Å². The van der Waals surface area contributed by atoms with Gasteiger partial charge in [0, 0.05) is 5.69 Å². The van der Waals surface area contributed by atoms with Gasteiger partial charge in [0.05, 0.1) is 16.3 Å². The molecule has 5 nitrogen and oxygen atoms in total. The highest BCUT2D eigenvalue weighted by Gasteiger charge is 2.17. The highest BCUT2D eigenvalue weighted by molar-refractivity contribution is 6.34. The Balaban J connectivity index is 2.39. The summed E-state index contributed by atoms with van der Waals surface area (Å²) in [4.78, 5) is 23.5. The van der Waals surface area contributed by atoms with E-state index in [1.54, 1.807) is 24.3 Å². The predicted molar refractivity (Wildman–Crippen MR) is 82.0 cm³/mol. The molecule has 0 aliphatic heterocycles. The number of carbonyl (C=O) groups is 2. The number of hydrogen-bond donors (Lipinski definition) is 3. The molecule has 0 fully saturated rings. The van der Waals surface area contributed by atoms with Gasteiger partial charge in [0.1, 0.15) is 5.56 Å². The van der Waals surface area contributed by atoms with Crippen LogP contribution in [0.1, 0.15) is 26.3 Å². The fraction of sp³-hybridized carbons (Fsp3) is 0.0667. The molecule has 4 N–H and O–H groups in total. The summed E-state index contributed by atoms with van der Waals surface area (Å²) < 4.78 is 0. The Morgan fingerprint density at radius 2 is 1.95 bits per heavy atom. The van der Waals surface area contributed by atoms with Crippen molar-refractivity contribution in [2.45, 2.75) is 6.92 Å². The van der Waals surface area contributed by atoms with Crippen LogP contribution in [0, 0.1) is 6.92 Å². The summed E-state index contributed by atoms with van der Waals surface area (Å²) in [5.41, 5.74) is 7.21. The highest BCUT2D eigenvalue weighted by Crippen LogP contribution is 2.25. The minimum Gasteiger partial charge on any atom is -0.478 e. The van der Waals surface area contributed by atoms with E-state index >= 15 is 0 Å². The first-order valence-electron chi connectivity index (χ1n) is 6.09. The summed E-state index contributed by atoms with van der Waals surface area (Å²) in [5.74, 6) is -1.70. The second-order valence-corrected chi connectivity index (χ2v) is 4.92. The number of carbonyl (C=O) groups excluding carboxylic acids is 1. The van der Waals surface area contributed by atoms with Crippen LogP contribution in [0.4, 0.5) is 11.4 Å². The van der Waals surface area contributed by atoms with Crippen LogP contribution in [0.25, 0.3) is 0 Å². The standard InChI is InChI=1S/C15H13ClN2O3/c1-8-5-6-11(17)9(7-8)14(19)18-12-4-2-3-10(16)13(12)15(20)21/h2-7H,17H2,1H3,(H,18,19)(H,20,21). The van der Waals surface area contributed by atoms with Gasteiger partial charge in [-0.25, -0.2) is 4.79 Å². The smallest absolute Gasteiger partial charge is 0.339 e. The van der Waals surface area contributed by atoms with Crippen molar-refractivity contribution in [3.8, 4) is 0 Å². The van der Waals surface area contributed by atoms with E-state index in [0.29, 0.717) is 5.69 Å². The molecule has 0 saturated heterocycles. The number of aryl methyl sites for hydroxylation is 1.